The Morgan fingerprint density at radius 1 is 1.07 bits per heavy atom. The fraction of sp³-hybridized carbons (Fsp3) is 0.316. The first kappa shape index (κ1) is 17.1. The second kappa shape index (κ2) is 6.79. The van der Waals surface area contributed by atoms with Gasteiger partial charge in [-0.05, 0) is 26.0 Å². The van der Waals surface area contributed by atoms with Crippen molar-refractivity contribution in [2.45, 2.75) is 13.8 Å². The first-order chi connectivity index (χ1) is 13.0. The minimum atomic E-state index is 0.0374. The van der Waals surface area contributed by atoms with Crippen molar-refractivity contribution in [3.8, 4) is 11.4 Å². The van der Waals surface area contributed by atoms with Crippen LogP contribution in [0.25, 0.3) is 11.4 Å². The number of hydrogen-bond donors (Lipinski definition) is 0. The number of hydrogen-bond acceptors (Lipinski definition) is 6. The van der Waals surface area contributed by atoms with Gasteiger partial charge < -0.3 is 9.80 Å². The third-order valence-electron chi connectivity index (χ3n) is 4.83. The van der Waals surface area contributed by atoms with Crippen molar-refractivity contribution in [3.63, 3.8) is 0 Å². The highest BCUT2D eigenvalue weighted by atomic mass is 16.2. The van der Waals surface area contributed by atoms with Crippen LogP contribution in [-0.4, -0.2) is 50.3 Å². The molecule has 0 saturated carbocycles. The Bertz CT molecular complexity index is 983. The summed E-state index contributed by atoms with van der Waals surface area (Å²) in [5.74, 6) is 1.50. The predicted octanol–water partition coefficient (Wildman–Crippen LogP) is 1.74. The summed E-state index contributed by atoms with van der Waals surface area (Å²) in [7, 11) is 1.85. The van der Waals surface area contributed by atoms with Gasteiger partial charge in [-0.1, -0.05) is 0 Å². The van der Waals surface area contributed by atoms with Gasteiger partial charge in [0.05, 0.1) is 18.4 Å². The molecule has 0 bridgehead atoms. The molecular weight excluding hydrogens is 342 g/mol. The first-order valence-corrected chi connectivity index (χ1v) is 8.82. The fourth-order valence-corrected chi connectivity index (χ4v) is 3.23. The zero-order chi connectivity index (χ0) is 19.0. The summed E-state index contributed by atoms with van der Waals surface area (Å²) in [6.45, 7) is 5.55. The molecule has 1 fully saturated rings. The van der Waals surface area contributed by atoms with Crippen LogP contribution >= 0.6 is 0 Å². The summed E-state index contributed by atoms with van der Waals surface area (Å²) in [6, 6.07) is 3.78. The quantitative estimate of drug-likeness (QED) is 0.705. The Balaban J connectivity index is 1.62. The molecule has 0 radical (unpaired) electrons. The van der Waals surface area contributed by atoms with Gasteiger partial charge in [0.1, 0.15) is 5.82 Å². The maximum absolute atomic E-state index is 12.7. The van der Waals surface area contributed by atoms with Gasteiger partial charge in [0.15, 0.2) is 5.82 Å². The largest absolute Gasteiger partial charge is 0.345 e. The molecule has 1 amide bonds. The summed E-state index contributed by atoms with van der Waals surface area (Å²) >= 11 is 0. The van der Waals surface area contributed by atoms with E-state index < -0.39 is 0 Å². The first-order valence-electron chi connectivity index (χ1n) is 8.82. The van der Waals surface area contributed by atoms with E-state index in [1.54, 1.807) is 28.2 Å². The number of carbonyl (C=O) groups excluding carboxylic acids is 1. The van der Waals surface area contributed by atoms with Gasteiger partial charge in [0.25, 0.3) is 0 Å². The van der Waals surface area contributed by atoms with Gasteiger partial charge in [-0.15, -0.1) is 0 Å². The highest BCUT2D eigenvalue weighted by molar-refractivity contribution is 5.97. The van der Waals surface area contributed by atoms with E-state index in [9.17, 15) is 4.79 Å². The van der Waals surface area contributed by atoms with E-state index in [2.05, 4.69) is 15.1 Å². The molecule has 3 aromatic rings. The zero-order valence-corrected chi connectivity index (χ0v) is 15.6. The molecule has 138 valence electrons. The van der Waals surface area contributed by atoms with Crippen molar-refractivity contribution < 1.29 is 4.79 Å². The van der Waals surface area contributed by atoms with Crippen molar-refractivity contribution >= 4 is 17.4 Å². The molecule has 0 spiro atoms. The Labute approximate surface area is 157 Å². The van der Waals surface area contributed by atoms with Gasteiger partial charge in [0, 0.05) is 55.5 Å². The monoisotopic (exact) mass is 363 g/mol. The molecule has 1 saturated heterocycles. The number of pyridine rings is 1. The van der Waals surface area contributed by atoms with Crippen LogP contribution in [0.15, 0.2) is 36.9 Å². The normalized spacial score (nSPS) is 14.7. The Morgan fingerprint density at radius 2 is 1.85 bits per heavy atom. The fourth-order valence-electron chi connectivity index (χ4n) is 3.23. The van der Waals surface area contributed by atoms with Crippen LogP contribution in [0.5, 0.6) is 0 Å². The molecular formula is C19H21N7O. The van der Waals surface area contributed by atoms with E-state index in [0.717, 1.165) is 28.3 Å². The minimum Gasteiger partial charge on any atom is -0.345 e. The number of piperazine rings is 1. The highest BCUT2D eigenvalue weighted by Crippen LogP contribution is 2.26. The summed E-state index contributed by atoms with van der Waals surface area (Å²) in [5, 5.41) is 4.16. The number of aromatic nitrogens is 5. The molecule has 4 rings (SSSR count). The van der Waals surface area contributed by atoms with Gasteiger partial charge in [-0.25, -0.2) is 9.97 Å². The molecule has 0 aliphatic carbocycles. The maximum atomic E-state index is 12.7. The lowest BCUT2D eigenvalue weighted by atomic mass is 10.2. The average molecular weight is 363 g/mol. The molecule has 3 aromatic heterocycles. The van der Waals surface area contributed by atoms with E-state index >= 15 is 0 Å². The summed E-state index contributed by atoms with van der Waals surface area (Å²) < 4.78 is 1.70. The second-order valence-electron chi connectivity index (χ2n) is 6.66. The average Bonchev–Trinajstić information content (AvgIpc) is 3.10. The zero-order valence-electron chi connectivity index (χ0n) is 15.6. The van der Waals surface area contributed by atoms with Gasteiger partial charge in [-0.3, -0.25) is 14.5 Å². The third kappa shape index (κ3) is 3.25. The third-order valence-corrected chi connectivity index (χ3v) is 4.83. The lowest BCUT2D eigenvalue weighted by Gasteiger charge is -2.35. The molecule has 4 heterocycles. The van der Waals surface area contributed by atoms with Crippen LogP contribution in [0.1, 0.15) is 11.3 Å². The Morgan fingerprint density at radius 3 is 2.52 bits per heavy atom. The lowest BCUT2D eigenvalue weighted by molar-refractivity contribution is -0.117. The molecule has 0 atom stereocenters. The molecule has 1 aliphatic heterocycles. The topological polar surface area (TPSA) is 80.0 Å². The predicted molar refractivity (Wildman–Crippen MR) is 103 cm³/mol. The lowest BCUT2D eigenvalue weighted by Crippen LogP contribution is -2.51. The van der Waals surface area contributed by atoms with Crippen LogP contribution in [-0.2, 0) is 11.8 Å². The summed E-state index contributed by atoms with van der Waals surface area (Å²) in [4.78, 5) is 30.0. The number of nitrogens with zero attached hydrogens (tertiary/aromatic N) is 7. The Hall–Kier alpha value is -3.29. The second-order valence-corrected chi connectivity index (χ2v) is 6.66. The summed E-state index contributed by atoms with van der Waals surface area (Å²) in [6.07, 6.45) is 7.03. The number of carbonyl (C=O) groups is 1. The van der Waals surface area contributed by atoms with Crippen molar-refractivity contribution in [1.82, 2.24) is 24.7 Å². The molecule has 0 unspecified atom stereocenters. The van der Waals surface area contributed by atoms with E-state index in [-0.39, 0.29) is 12.5 Å². The van der Waals surface area contributed by atoms with Crippen molar-refractivity contribution in [2.24, 2.45) is 7.05 Å². The smallest absolute Gasteiger partial charge is 0.246 e. The van der Waals surface area contributed by atoms with Crippen LogP contribution < -0.4 is 9.80 Å². The van der Waals surface area contributed by atoms with E-state index in [1.807, 2.05) is 44.1 Å². The maximum Gasteiger partial charge on any atom is 0.246 e. The SMILES string of the molecule is Cc1nc(-c2ccncc2)nc(N2CCN(c3cnn(C)c3)C(=O)C2)c1C. The number of anilines is 2. The molecule has 0 N–H and O–H groups in total. The van der Waals surface area contributed by atoms with Gasteiger partial charge in [-0.2, -0.15) is 5.10 Å². The molecule has 27 heavy (non-hydrogen) atoms. The number of amides is 1. The van der Waals surface area contributed by atoms with Crippen molar-refractivity contribution in [3.05, 3.63) is 48.2 Å². The van der Waals surface area contributed by atoms with Crippen molar-refractivity contribution in [2.75, 3.05) is 29.4 Å². The summed E-state index contributed by atoms with van der Waals surface area (Å²) in [5.41, 5.74) is 3.65. The number of aryl methyl sites for hydroxylation is 2. The van der Waals surface area contributed by atoms with Gasteiger partial charge in [0.2, 0.25) is 5.91 Å². The molecule has 8 nitrogen and oxygen atoms in total. The minimum absolute atomic E-state index is 0.0374. The standard InChI is InChI=1S/C19H21N7O/c1-13-14(2)22-18(15-4-6-20-7-5-15)23-19(13)25-8-9-26(17(27)12-25)16-10-21-24(3)11-16/h4-7,10-11H,8-9,12H2,1-3H3. The van der Waals surface area contributed by atoms with Crippen LogP contribution in [0.4, 0.5) is 11.5 Å². The van der Waals surface area contributed by atoms with Crippen LogP contribution in [0.2, 0.25) is 0 Å². The van der Waals surface area contributed by atoms with E-state index in [0.29, 0.717) is 18.9 Å². The number of rotatable bonds is 3. The van der Waals surface area contributed by atoms with Crippen molar-refractivity contribution in [1.29, 1.82) is 0 Å². The molecule has 0 aromatic carbocycles. The molecule has 1 aliphatic rings. The van der Waals surface area contributed by atoms with E-state index in [1.165, 1.54) is 0 Å². The molecule has 8 heteroatoms. The highest BCUT2D eigenvalue weighted by Gasteiger charge is 2.28. The Kier molecular flexibility index (Phi) is 4.31. The van der Waals surface area contributed by atoms with Gasteiger partial charge >= 0.3 is 0 Å². The van der Waals surface area contributed by atoms with E-state index in [4.69, 9.17) is 4.98 Å². The van der Waals surface area contributed by atoms with Crippen LogP contribution in [0.3, 0.4) is 0 Å². The van der Waals surface area contributed by atoms with Crippen LogP contribution in [0, 0.1) is 13.8 Å².